The molecule has 55 heavy (non-hydrogen) atoms. The lowest BCUT2D eigenvalue weighted by Gasteiger charge is -2.33. The Balaban J connectivity index is 1.23. The van der Waals surface area contributed by atoms with Gasteiger partial charge in [0.05, 0.1) is 27.7 Å². The van der Waals surface area contributed by atoms with Crippen LogP contribution >= 0.6 is 11.3 Å². The van der Waals surface area contributed by atoms with Crippen LogP contribution in [0.2, 0.25) is 0 Å². The number of thiophene rings is 1. The Kier molecular flexibility index (Phi) is 10.6. The number of benzene rings is 1. The smallest absolute Gasteiger partial charge is 0.435 e. The van der Waals surface area contributed by atoms with Crippen LogP contribution in [-0.4, -0.2) is 98.5 Å². The minimum Gasteiger partial charge on any atom is -0.471 e. The predicted octanol–water partition coefficient (Wildman–Crippen LogP) is 4.71. The molecule has 0 bridgehead atoms. The summed E-state index contributed by atoms with van der Waals surface area (Å²) in [6.07, 6.45) is 5.41. The van der Waals surface area contributed by atoms with Gasteiger partial charge in [-0.05, 0) is 82.9 Å². The SMILES string of the molecule is CC(C)(C)OC(=O)N(O)[C@@H]1CCCCC/C=C\C2C[C@@]2(C(=O)NS(=O)(=O)C2CC2)NC(=O)[C@@H]2C[C@@H](Oc3nc4ccccc4nc3-c3cccs3)CN2C1=O. The van der Waals surface area contributed by atoms with Crippen molar-refractivity contribution in [2.24, 2.45) is 5.92 Å². The number of carbonyl (C=O) groups is 4. The highest BCUT2D eigenvalue weighted by molar-refractivity contribution is 7.91. The van der Waals surface area contributed by atoms with E-state index in [1.54, 1.807) is 26.8 Å². The van der Waals surface area contributed by atoms with Crippen LogP contribution < -0.4 is 14.8 Å². The highest BCUT2D eigenvalue weighted by Crippen LogP contribution is 2.46. The number of hydrogen-bond acceptors (Lipinski definition) is 12. The average Bonchev–Trinajstić information content (AvgIpc) is 3.99. The van der Waals surface area contributed by atoms with Crippen molar-refractivity contribution in [1.29, 1.82) is 0 Å². The van der Waals surface area contributed by atoms with Gasteiger partial charge in [-0.2, -0.15) is 5.06 Å². The van der Waals surface area contributed by atoms with Gasteiger partial charge in [-0.3, -0.25) is 24.3 Å². The van der Waals surface area contributed by atoms with Gasteiger partial charge >= 0.3 is 6.09 Å². The fourth-order valence-corrected chi connectivity index (χ4v) is 9.22. The topological polar surface area (TPSA) is 197 Å². The van der Waals surface area contributed by atoms with Crippen LogP contribution in [0.4, 0.5) is 4.79 Å². The third-order valence-corrected chi connectivity index (χ3v) is 13.0. The van der Waals surface area contributed by atoms with Crippen LogP contribution in [0.5, 0.6) is 5.88 Å². The van der Waals surface area contributed by atoms with E-state index < -0.39 is 74.3 Å². The first-order valence-electron chi connectivity index (χ1n) is 18.7. The number of nitrogens with one attached hydrogen (secondary N) is 2. The number of nitrogens with zero attached hydrogens (tertiary/aromatic N) is 4. The summed E-state index contributed by atoms with van der Waals surface area (Å²) in [6, 6.07) is 8.46. The third kappa shape index (κ3) is 8.48. The number of amides is 4. The van der Waals surface area contributed by atoms with E-state index in [1.165, 1.54) is 16.2 Å². The van der Waals surface area contributed by atoms with Crippen LogP contribution in [0.3, 0.4) is 0 Å². The molecule has 3 aromatic rings. The molecule has 15 nitrogen and oxygen atoms in total. The van der Waals surface area contributed by atoms with Gasteiger partial charge in [0.25, 0.3) is 5.91 Å². The molecule has 17 heteroatoms. The van der Waals surface area contributed by atoms with Crippen LogP contribution in [-0.2, 0) is 29.1 Å². The molecule has 0 radical (unpaired) electrons. The van der Waals surface area contributed by atoms with Crippen molar-refractivity contribution in [2.75, 3.05) is 6.54 Å². The van der Waals surface area contributed by atoms with E-state index in [4.69, 9.17) is 19.4 Å². The zero-order chi connectivity index (χ0) is 39.1. The molecule has 4 heterocycles. The molecule has 2 aliphatic heterocycles. The van der Waals surface area contributed by atoms with Crippen molar-refractivity contribution in [3.05, 3.63) is 53.9 Å². The monoisotopic (exact) mass is 794 g/mol. The van der Waals surface area contributed by atoms with Gasteiger partial charge in [0.1, 0.15) is 35.0 Å². The second-order valence-corrected chi connectivity index (χ2v) is 18.6. The fourth-order valence-electron chi connectivity index (χ4n) is 7.15. The second-order valence-electron chi connectivity index (χ2n) is 15.7. The zero-order valence-electron chi connectivity index (χ0n) is 31.0. The molecule has 1 saturated heterocycles. The van der Waals surface area contributed by atoms with E-state index in [0.29, 0.717) is 60.3 Å². The Bertz CT molecular complexity index is 2100. The van der Waals surface area contributed by atoms with Gasteiger partial charge in [-0.1, -0.05) is 43.2 Å². The summed E-state index contributed by atoms with van der Waals surface area (Å²) in [4.78, 5) is 67.6. The number of hydroxylamine groups is 2. The predicted molar refractivity (Wildman–Crippen MR) is 202 cm³/mol. The Morgan fingerprint density at radius 2 is 1.80 bits per heavy atom. The van der Waals surface area contributed by atoms with E-state index >= 15 is 0 Å². The van der Waals surface area contributed by atoms with Gasteiger partial charge in [-0.25, -0.2) is 23.2 Å². The van der Waals surface area contributed by atoms with Gasteiger partial charge in [0.2, 0.25) is 27.7 Å². The summed E-state index contributed by atoms with van der Waals surface area (Å²) < 4.78 is 39.8. The van der Waals surface area contributed by atoms with Crippen LogP contribution in [0.15, 0.2) is 53.9 Å². The van der Waals surface area contributed by atoms with Crippen molar-refractivity contribution in [3.8, 4) is 16.5 Å². The Hall–Kier alpha value is -4.61. The molecule has 5 atom stereocenters. The third-order valence-electron chi connectivity index (χ3n) is 10.3. The van der Waals surface area contributed by atoms with Gasteiger partial charge in [-0.15, -0.1) is 11.3 Å². The quantitative estimate of drug-likeness (QED) is 0.170. The van der Waals surface area contributed by atoms with E-state index in [2.05, 4.69) is 10.0 Å². The van der Waals surface area contributed by atoms with Gasteiger partial charge in [0.15, 0.2) is 0 Å². The van der Waals surface area contributed by atoms with Crippen LogP contribution in [0, 0.1) is 5.92 Å². The molecule has 4 aliphatic rings. The van der Waals surface area contributed by atoms with E-state index in [1.807, 2.05) is 47.9 Å². The molecule has 4 amide bonds. The number of rotatable bonds is 7. The summed E-state index contributed by atoms with van der Waals surface area (Å²) >= 11 is 1.45. The van der Waals surface area contributed by atoms with E-state index in [0.717, 1.165) is 4.88 Å². The van der Waals surface area contributed by atoms with Crippen LogP contribution in [0.1, 0.15) is 78.6 Å². The second kappa shape index (κ2) is 15.1. The first kappa shape index (κ1) is 38.7. The number of allylic oxidation sites excluding steroid dienone is 1. The normalized spacial score (nSPS) is 26.8. The molecule has 3 N–H and O–H groups in total. The maximum absolute atomic E-state index is 14.6. The molecular formula is C38H46N6O9S2. The molecule has 2 saturated carbocycles. The minimum atomic E-state index is -3.93. The van der Waals surface area contributed by atoms with Crippen molar-refractivity contribution in [3.63, 3.8) is 0 Å². The minimum absolute atomic E-state index is 0.0425. The Morgan fingerprint density at radius 3 is 2.49 bits per heavy atom. The number of para-hydroxylation sites is 2. The van der Waals surface area contributed by atoms with E-state index in [-0.39, 0.29) is 31.7 Å². The number of hydrogen-bond donors (Lipinski definition) is 3. The largest absolute Gasteiger partial charge is 0.471 e. The maximum Gasteiger partial charge on any atom is 0.435 e. The fraction of sp³-hybridized carbons (Fsp3) is 0.526. The zero-order valence-corrected chi connectivity index (χ0v) is 32.6. The summed E-state index contributed by atoms with van der Waals surface area (Å²) in [7, 11) is -3.93. The van der Waals surface area contributed by atoms with Crippen molar-refractivity contribution >= 4 is 56.2 Å². The molecule has 0 spiro atoms. The lowest BCUT2D eigenvalue weighted by molar-refractivity contribution is -0.162. The van der Waals surface area contributed by atoms with Crippen molar-refractivity contribution in [2.45, 2.75) is 113 Å². The highest BCUT2D eigenvalue weighted by atomic mass is 32.2. The molecule has 294 valence electrons. The number of carbonyl (C=O) groups excluding carboxylic acids is 4. The Morgan fingerprint density at radius 1 is 1.05 bits per heavy atom. The van der Waals surface area contributed by atoms with Crippen molar-refractivity contribution < 1.29 is 42.3 Å². The van der Waals surface area contributed by atoms with Gasteiger partial charge < -0.3 is 19.7 Å². The maximum atomic E-state index is 14.6. The highest BCUT2D eigenvalue weighted by Gasteiger charge is 2.62. The summed E-state index contributed by atoms with van der Waals surface area (Å²) in [5, 5.41) is 15.6. The molecule has 2 aromatic heterocycles. The average molecular weight is 795 g/mol. The number of aromatic nitrogens is 2. The summed E-state index contributed by atoms with van der Waals surface area (Å²) in [6.45, 7) is 4.79. The molecule has 2 aliphatic carbocycles. The van der Waals surface area contributed by atoms with E-state index in [9.17, 15) is 32.8 Å². The lowest BCUT2D eigenvalue weighted by Crippen LogP contribution is -2.58. The lowest BCUT2D eigenvalue weighted by atomic mass is 10.0. The summed E-state index contributed by atoms with van der Waals surface area (Å²) in [5.41, 5.74) is -0.807. The molecular weight excluding hydrogens is 749 g/mol. The molecule has 7 rings (SSSR count). The molecule has 1 aromatic carbocycles. The number of fused-ring (bicyclic) bond motifs is 3. The summed E-state index contributed by atoms with van der Waals surface area (Å²) in [5.74, 6) is -2.51. The first-order chi connectivity index (χ1) is 26.1. The molecule has 3 fully saturated rings. The number of ether oxygens (including phenoxy) is 2. The first-order valence-corrected chi connectivity index (χ1v) is 21.1. The number of sulfonamides is 1. The molecule has 1 unspecified atom stereocenters. The van der Waals surface area contributed by atoms with Gasteiger partial charge in [0, 0.05) is 12.3 Å². The Labute approximate surface area is 323 Å². The standard InChI is InChI=1S/C38H46N6O9S2/c1-37(2,3)53-36(48)44(49)28-15-8-6-4-5-7-12-23-21-38(23,35(47)42-55(50,51)25-17-18-25)41-32(45)29-20-24(22-43(29)34(28)46)52-33-31(30-16-11-19-54-30)39-26-13-9-10-14-27(26)40-33/h7,9-14,16,19,23-25,28-29,49H,4-6,8,15,17-18,20-22H2,1-3H3,(H,41,45)(H,42,47)/b12-7-/t23?,24-,28-,29+,38-/m1/s1. The van der Waals surface area contributed by atoms with Crippen LogP contribution in [0.25, 0.3) is 21.6 Å². The van der Waals surface area contributed by atoms with Crippen molar-refractivity contribution in [1.82, 2.24) is 30.0 Å².